The highest BCUT2D eigenvalue weighted by atomic mass is 19.2. The molecule has 0 radical (unpaired) electrons. The highest BCUT2D eigenvalue weighted by Crippen LogP contribution is 2.24. The molecule has 3 nitrogen and oxygen atoms in total. The first-order valence-corrected chi connectivity index (χ1v) is 5.63. The van der Waals surface area contributed by atoms with Crippen LogP contribution >= 0.6 is 0 Å². The summed E-state index contributed by atoms with van der Waals surface area (Å²) in [4.78, 5) is 2.51. The lowest BCUT2D eigenvalue weighted by Crippen LogP contribution is -2.11. The van der Waals surface area contributed by atoms with E-state index in [1.54, 1.807) is 13.8 Å². The van der Waals surface area contributed by atoms with E-state index < -0.39 is 29.2 Å². The molecule has 0 saturated carbocycles. The predicted molar refractivity (Wildman–Crippen MR) is 60.0 cm³/mol. The molecule has 0 saturated heterocycles. The van der Waals surface area contributed by atoms with Crippen molar-refractivity contribution < 1.29 is 17.6 Å². The van der Waals surface area contributed by atoms with Crippen molar-refractivity contribution in [3.05, 3.63) is 40.5 Å². The van der Waals surface area contributed by atoms with Gasteiger partial charge in [-0.15, -0.1) is 0 Å². The summed E-state index contributed by atoms with van der Waals surface area (Å²) >= 11 is 0. The van der Waals surface area contributed by atoms with Crippen molar-refractivity contribution in [2.75, 3.05) is 0 Å². The van der Waals surface area contributed by atoms with Crippen LogP contribution in [-0.4, -0.2) is 14.8 Å². The van der Waals surface area contributed by atoms with Crippen LogP contribution in [0.5, 0.6) is 0 Å². The van der Waals surface area contributed by atoms with Gasteiger partial charge in [0.05, 0.1) is 5.69 Å². The third-order valence-corrected chi connectivity index (χ3v) is 2.98. The van der Waals surface area contributed by atoms with E-state index in [1.807, 2.05) is 6.92 Å². The molecule has 0 aromatic carbocycles. The Morgan fingerprint density at radius 2 is 1.53 bits per heavy atom. The summed E-state index contributed by atoms with van der Waals surface area (Å²) in [6.45, 7) is 5.09. The third-order valence-electron chi connectivity index (χ3n) is 2.98. The summed E-state index contributed by atoms with van der Waals surface area (Å²) in [5.41, 5.74) is 0.876. The Morgan fingerprint density at radius 3 is 1.95 bits per heavy atom. The quantitative estimate of drug-likeness (QED) is 0.622. The van der Waals surface area contributed by atoms with Gasteiger partial charge in [0.1, 0.15) is 5.69 Å². The van der Waals surface area contributed by atoms with E-state index in [2.05, 4.69) is 10.1 Å². The summed E-state index contributed by atoms with van der Waals surface area (Å²) in [7, 11) is 0. The number of rotatable bonds is 2. The zero-order valence-electron chi connectivity index (χ0n) is 10.6. The van der Waals surface area contributed by atoms with E-state index in [1.165, 1.54) is 0 Å². The van der Waals surface area contributed by atoms with E-state index in [-0.39, 0.29) is 0 Å². The average molecular weight is 273 g/mol. The summed E-state index contributed by atoms with van der Waals surface area (Å²) < 4.78 is 54.3. The average Bonchev–Trinajstić information content (AvgIpc) is 2.63. The van der Waals surface area contributed by atoms with Gasteiger partial charge in [0.2, 0.25) is 11.6 Å². The Balaban J connectivity index is 2.79. The van der Waals surface area contributed by atoms with Crippen LogP contribution in [-0.2, 0) is 6.42 Å². The lowest BCUT2D eigenvalue weighted by Gasteiger charge is -2.08. The molecule has 0 N–H and O–H groups in total. The monoisotopic (exact) mass is 273 g/mol. The fourth-order valence-corrected chi connectivity index (χ4v) is 2.07. The Bertz CT molecular complexity index is 623. The fraction of sp³-hybridized carbons (Fsp3) is 0.333. The van der Waals surface area contributed by atoms with E-state index >= 15 is 0 Å². The lowest BCUT2D eigenvalue weighted by molar-refractivity contribution is 0.399. The van der Waals surface area contributed by atoms with E-state index in [0.717, 1.165) is 10.2 Å². The van der Waals surface area contributed by atoms with Crippen LogP contribution in [0, 0.1) is 37.4 Å². The second kappa shape index (κ2) is 4.64. The number of aryl methyl sites for hydroxylation is 1. The van der Waals surface area contributed by atoms with Gasteiger partial charge in [0.15, 0.2) is 0 Å². The first kappa shape index (κ1) is 13.5. The molecule has 0 amide bonds. The van der Waals surface area contributed by atoms with Gasteiger partial charge in [0, 0.05) is 5.69 Å². The summed E-state index contributed by atoms with van der Waals surface area (Å²) in [6.07, 6.45) is 0.594. The predicted octanol–water partition coefficient (Wildman–Crippen LogP) is 3.00. The standard InChI is InChI=1S/C12H11F4N3/c1-4-7-5(2)18-19(6(7)3)10-8(13)11(15)17-12(16)9(10)14/h4H2,1-3H3. The van der Waals surface area contributed by atoms with Crippen LogP contribution in [0.3, 0.4) is 0 Å². The molecule has 0 atom stereocenters. The maximum Gasteiger partial charge on any atom is 0.254 e. The Hall–Kier alpha value is -1.92. The first-order chi connectivity index (χ1) is 8.88. The third kappa shape index (κ3) is 1.98. The van der Waals surface area contributed by atoms with Crippen molar-refractivity contribution in [3.63, 3.8) is 0 Å². The van der Waals surface area contributed by atoms with E-state index in [9.17, 15) is 17.6 Å². The highest BCUT2D eigenvalue weighted by molar-refractivity contribution is 5.38. The van der Waals surface area contributed by atoms with Crippen molar-refractivity contribution in [1.82, 2.24) is 14.8 Å². The Morgan fingerprint density at radius 1 is 1.00 bits per heavy atom. The van der Waals surface area contributed by atoms with Crippen molar-refractivity contribution in [3.8, 4) is 5.69 Å². The minimum atomic E-state index is -1.69. The molecule has 2 rings (SSSR count). The van der Waals surface area contributed by atoms with E-state index in [0.29, 0.717) is 17.8 Å². The molecular weight excluding hydrogens is 262 g/mol. The smallest absolute Gasteiger partial charge is 0.231 e. The zero-order chi connectivity index (χ0) is 14.3. The van der Waals surface area contributed by atoms with Crippen LogP contribution in [0.15, 0.2) is 0 Å². The molecule has 2 aromatic rings. The minimum Gasteiger partial charge on any atom is -0.231 e. The van der Waals surface area contributed by atoms with Crippen LogP contribution in [0.25, 0.3) is 5.69 Å². The van der Waals surface area contributed by atoms with E-state index in [4.69, 9.17) is 0 Å². The largest absolute Gasteiger partial charge is 0.254 e. The fourth-order valence-electron chi connectivity index (χ4n) is 2.07. The van der Waals surface area contributed by atoms with Crippen LogP contribution in [0.2, 0.25) is 0 Å². The maximum atomic E-state index is 13.6. The normalized spacial score (nSPS) is 11.1. The molecule has 0 aliphatic heterocycles. The first-order valence-electron chi connectivity index (χ1n) is 5.63. The van der Waals surface area contributed by atoms with Gasteiger partial charge in [-0.25, -0.2) is 4.68 Å². The molecule has 0 aliphatic carbocycles. The van der Waals surface area contributed by atoms with Crippen molar-refractivity contribution >= 4 is 0 Å². The zero-order valence-corrected chi connectivity index (χ0v) is 10.6. The molecule has 0 fully saturated rings. The Kier molecular flexibility index (Phi) is 3.30. The molecule has 102 valence electrons. The van der Waals surface area contributed by atoms with Gasteiger partial charge < -0.3 is 0 Å². The number of halogens is 4. The molecule has 0 spiro atoms. The van der Waals surface area contributed by atoms with Gasteiger partial charge in [-0.05, 0) is 25.8 Å². The second-order valence-corrected chi connectivity index (χ2v) is 4.08. The van der Waals surface area contributed by atoms with Crippen molar-refractivity contribution in [2.24, 2.45) is 0 Å². The summed E-state index contributed by atoms with van der Waals surface area (Å²) in [5, 5.41) is 3.93. The molecule has 2 heterocycles. The number of pyridine rings is 1. The molecule has 0 bridgehead atoms. The molecule has 19 heavy (non-hydrogen) atoms. The van der Waals surface area contributed by atoms with Gasteiger partial charge in [-0.1, -0.05) is 6.92 Å². The molecular formula is C12H11F4N3. The SMILES string of the molecule is CCc1c(C)nn(-c2c(F)c(F)nc(F)c2F)c1C. The topological polar surface area (TPSA) is 30.7 Å². The van der Waals surface area contributed by atoms with Crippen molar-refractivity contribution in [2.45, 2.75) is 27.2 Å². The lowest BCUT2D eigenvalue weighted by atomic mass is 10.1. The maximum absolute atomic E-state index is 13.6. The van der Waals surface area contributed by atoms with Crippen molar-refractivity contribution in [1.29, 1.82) is 0 Å². The Labute approximate surface area is 106 Å². The number of hydrogen-bond donors (Lipinski definition) is 0. The van der Waals surface area contributed by atoms with Crippen LogP contribution in [0.4, 0.5) is 17.6 Å². The summed E-state index contributed by atoms with van der Waals surface area (Å²) in [5.74, 6) is -6.52. The van der Waals surface area contributed by atoms with Gasteiger partial charge in [0.25, 0.3) is 11.9 Å². The minimum absolute atomic E-state index is 0.433. The highest BCUT2D eigenvalue weighted by Gasteiger charge is 2.25. The van der Waals surface area contributed by atoms with Crippen LogP contribution in [0.1, 0.15) is 23.9 Å². The number of nitrogens with zero attached hydrogens (tertiary/aromatic N) is 3. The van der Waals surface area contributed by atoms with Gasteiger partial charge in [-0.2, -0.15) is 27.6 Å². The van der Waals surface area contributed by atoms with Crippen LogP contribution < -0.4 is 0 Å². The number of aromatic nitrogens is 3. The molecule has 0 aliphatic rings. The number of hydrogen-bond acceptors (Lipinski definition) is 2. The molecule has 0 unspecified atom stereocenters. The second-order valence-electron chi connectivity index (χ2n) is 4.08. The summed E-state index contributed by atoms with van der Waals surface area (Å²) in [6, 6.07) is 0. The molecule has 7 heteroatoms. The molecule has 2 aromatic heterocycles. The van der Waals surface area contributed by atoms with Gasteiger partial charge in [-0.3, -0.25) is 0 Å². The van der Waals surface area contributed by atoms with Gasteiger partial charge >= 0.3 is 0 Å².